The van der Waals surface area contributed by atoms with Gasteiger partial charge in [0, 0.05) is 18.7 Å². The number of nitrogens with zero attached hydrogens (tertiary/aromatic N) is 3. The summed E-state index contributed by atoms with van der Waals surface area (Å²) in [6.45, 7) is 3.59. The first kappa shape index (κ1) is 20.1. The van der Waals surface area contributed by atoms with Gasteiger partial charge in [-0.1, -0.05) is 42.5 Å². The fraction of sp³-hybridized carbons (Fsp3) is 0.333. The zero-order valence-corrected chi connectivity index (χ0v) is 15.8. The van der Waals surface area contributed by atoms with Gasteiger partial charge in [0.25, 0.3) is 0 Å². The lowest BCUT2D eigenvalue weighted by atomic mass is 10.1. The van der Waals surface area contributed by atoms with E-state index >= 15 is 0 Å². The molecule has 6 nitrogen and oxygen atoms in total. The van der Waals surface area contributed by atoms with Crippen LogP contribution < -0.4 is 10.6 Å². The van der Waals surface area contributed by atoms with Crippen molar-refractivity contribution in [3.8, 4) is 11.3 Å². The highest BCUT2D eigenvalue weighted by molar-refractivity contribution is 5.60. The molecule has 148 valence electrons. The molecule has 3 aromatic rings. The van der Waals surface area contributed by atoms with Crippen molar-refractivity contribution in [3.63, 3.8) is 0 Å². The number of aromatic nitrogens is 3. The van der Waals surface area contributed by atoms with Gasteiger partial charge >= 0.3 is 0 Å². The van der Waals surface area contributed by atoms with Gasteiger partial charge in [-0.15, -0.1) is 0 Å². The van der Waals surface area contributed by atoms with Crippen molar-refractivity contribution in [2.45, 2.75) is 19.5 Å². The molecule has 0 aliphatic rings. The number of rotatable bonds is 11. The Bertz CT molecular complexity index is 836. The maximum absolute atomic E-state index is 13.1. The monoisotopic (exact) mass is 383 g/mol. The Balaban J connectivity index is 1.66. The average Bonchev–Trinajstić information content (AvgIpc) is 3.12. The highest BCUT2D eigenvalue weighted by atomic mass is 19.1. The van der Waals surface area contributed by atoms with Gasteiger partial charge in [-0.25, -0.2) is 4.39 Å². The molecule has 1 heterocycles. The highest BCUT2D eigenvalue weighted by Gasteiger charge is 2.13. The first-order chi connectivity index (χ1) is 13.8. The lowest BCUT2D eigenvalue weighted by molar-refractivity contribution is 0.292. The molecule has 2 aromatic carbocycles. The van der Waals surface area contributed by atoms with Crippen molar-refractivity contribution in [2.75, 3.05) is 26.2 Å². The van der Waals surface area contributed by atoms with Gasteiger partial charge in [-0.3, -0.25) is 0 Å². The second-order valence-electron chi connectivity index (χ2n) is 6.52. The number of aliphatic hydroxyl groups is 1. The molecule has 0 aliphatic heterocycles. The highest BCUT2D eigenvalue weighted by Crippen LogP contribution is 2.20. The molecule has 0 spiro atoms. The van der Waals surface area contributed by atoms with E-state index in [1.165, 1.54) is 12.1 Å². The first-order valence-corrected chi connectivity index (χ1v) is 9.52. The third-order valence-electron chi connectivity index (χ3n) is 4.30. The summed E-state index contributed by atoms with van der Waals surface area (Å²) in [5.74, 6) is -0.250. The van der Waals surface area contributed by atoms with Gasteiger partial charge < -0.3 is 15.7 Å². The van der Waals surface area contributed by atoms with E-state index in [1.54, 1.807) is 16.9 Å². The minimum Gasteiger partial charge on any atom is -0.395 e. The molecule has 0 unspecified atom stereocenters. The number of aliphatic hydroxyl groups excluding tert-OH is 1. The Labute approximate surface area is 164 Å². The summed E-state index contributed by atoms with van der Waals surface area (Å²) in [5.41, 5.74) is 3.71. The molecule has 7 heteroatoms. The van der Waals surface area contributed by atoms with Gasteiger partial charge in [0.2, 0.25) is 0 Å². The SMILES string of the molecule is OCCNCCCNCc1nn(Cc2ccc(F)cc2)nc1-c1ccccc1. The summed E-state index contributed by atoms with van der Waals surface area (Å²) in [6, 6.07) is 16.4. The Morgan fingerprint density at radius 2 is 1.64 bits per heavy atom. The van der Waals surface area contributed by atoms with E-state index in [9.17, 15) is 4.39 Å². The van der Waals surface area contributed by atoms with Gasteiger partial charge in [0.1, 0.15) is 17.2 Å². The van der Waals surface area contributed by atoms with Crippen LogP contribution in [0.1, 0.15) is 17.7 Å². The number of hydrogen-bond acceptors (Lipinski definition) is 5. The molecule has 0 saturated heterocycles. The number of hydrogen-bond donors (Lipinski definition) is 3. The standard InChI is InChI=1S/C21H26FN5O/c22-19-9-7-17(8-10-19)16-27-25-20(15-24-12-4-11-23-13-14-28)21(26-27)18-5-2-1-3-6-18/h1-3,5-10,23-24,28H,4,11-16H2. The number of nitrogens with one attached hydrogen (secondary N) is 2. The van der Waals surface area contributed by atoms with Crippen molar-refractivity contribution < 1.29 is 9.50 Å². The van der Waals surface area contributed by atoms with E-state index in [2.05, 4.69) is 20.8 Å². The molecule has 0 atom stereocenters. The average molecular weight is 383 g/mol. The van der Waals surface area contributed by atoms with Crippen LogP contribution in [0.25, 0.3) is 11.3 Å². The van der Waals surface area contributed by atoms with Crippen molar-refractivity contribution in [2.24, 2.45) is 0 Å². The molecule has 3 rings (SSSR count). The van der Waals surface area contributed by atoms with Crippen molar-refractivity contribution >= 4 is 0 Å². The third-order valence-corrected chi connectivity index (χ3v) is 4.30. The first-order valence-electron chi connectivity index (χ1n) is 9.52. The van der Waals surface area contributed by atoms with E-state index in [-0.39, 0.29) is 12.4 Å². The van der Waals surface area contributed by atoms with Gasteiger partial charge in [-0.05, 0) is 37.2 Å². The summed E-state index contributed by atoms with van der Waals surface area (Å²) < 4.78 is 13.1. The molecular weight excluding hydrogens is 357 g/mol. The number of halogens is 1. The Morgan fingerprint density at radius 1 is 0.893 bits per heavy atom. The molecular formula is C21H26FN5O. The quantitative estimate of drug-likeness (QED) is 0.443. The van der Waals surface area contributed by atoms with E-state index < -0.39 is 0 Å². The van der Waals surface area contributed by atoms with Crippen LogP contribution in [-0.4, -0.2) is 46.3 Å². The Kier molecular flexibility index (Phi) is 7.66. The van der Waals surface area contributed by atoms with Gasteiger partial charge in [0.05, 0.1) is 13.2 Å². The van der Waals surface area contributed by atoms with E-state index in [1.807, 2.05) is 30.3 Å². The predicted octanol–water partition coefficient (Wildman–Crippen LogP) is 2.19. The van der Waals surface area contributed by atoms with Crippen LogP contribution >= 0.6 is 0 Å². The molecule has 28 heavy (non-hydrogen) atoms. The van der Waals surface area contributed by atoms with Crippen molar-refractivity contribution in [3.05, 3.63) is 71.7 Å². The predicted molar refractivity (Wildman–Crippen MR) is 107 cm³/mol. The summed E-state index contributed by atoms with van der Waals surface area (Å²) in [7, 11) is 0. The topological polar surface area (TPSA) is 75.0 Å². The van der Waals surface area contributed by atoms with Crippen LogP contribution in [0.15, 0.2) is 54.6 Å². The largest absolute Gasteiger partial charge is 0.395 e. The maximum Gasteiger partial charge on any atom is 0.123 e. The fourth-order valence-corrected chi connectivity index (χ4v) is 2.89. The molecule has 0 radical (unpaired) electrons. The molecule has 0 saturated carbocycles. The smallest absolute Gasteiger partial charge is 0.123 e. The molecule has 0 aliphatic carbocycles. The normalized spacial score (nSPS) is 11.1. The zero-order valence-electron chi connectivity index (χ0n) is 15.8. The van der Waals surface area contributed by atoms with E-state index in [0.29, 0.717) is 19.6 Å². The Hall–Kier alpha value is -2.61. The van der Waals surface area contributed by atoms with Gasteiger partial charge in [0.15, 0.2) is 0 Å². The lowest BCUT2D eigenvalue weighted by Crippen LogP contribution is -2.24. The minimum atomic E-state index is -0.250. The second kappa shape index (κ2) is 10.7. The second-order valence-corrected chi connectivity index (χ2v) is 6.52. The van der Waals surface area contributed by atoms with Crippen LogP contribution in [0.4, 0.5) is 4.39 Å². The zero-order chi connectivity index (χ0) is 19.6. The summed E-state index contributed by atoms with van der Waals surface area (Å²) in [4.78, 5) is 1.66. The number of benzene rings is 2. The molecule has 0 amide bonds. The summed E-state index contributed by atoms with van der Waals surface area (Å²) in [6.07, 6.45) is 0.963. The van der Waals surface area contributed by atoms with E-state index in [4.69, 9.17) is 5.11 Å². The Morgan fingerprint density at radius 3 is 2.39 bits per heavy atom. The summed E-state index contributed by atoms with van der Waals surface area (Å²) >= 11 is 0. The third kappa shape index (κ3) is 5.95. The molecule has 0 fully saturated rings. The molecule has 0 bridgehead atoms. The summed E-state index contributed by atoms with van der Waals surface area (Å²) in [5, 5.41) is 24.6. The molecule has 3 N–H and O–H groups in total. The van der Waals surface area contributed by atoms with Crippen LogP contribution in [0.2, 0.25) is 0 Å². The van der Waals surface area contributed by atoms with Crippen LogP contribution in [0, 0.1) is 5.82 Å². The van der Waals surface area contributed by atoms with Crippen molar-refractivity contribution in [1.29, 1.82) is 0 Å². The molecule has 1 aromatic heterocycles. The minimum absolute atomic E-state index is 0.158. The van der Waals surface area contributed by atoms with E-state index in [0.717, 1.165) is 42.0 Å². The lowest BCUT2D eigenvalue weighted by Gasteiger charge is -2.05. The van der Waals surface area contributed by atoms with Crippen LogP contribution in [-0.2, 0) is 13.1 Å². The van der Waals surface area contributed by atoms with Crippen LogP contribution in [0.3, 0.4) is 0 Å². The van der Waals surface area contributed by atoms with Crippen molar-refractivity contribution in [1.82, 2.24) is 25.6 Å². The van der Waals surface area contributed by atoms with Gasteiger partial charge in [-0.2, -0.15) is 15.0 Å². The fourth-order valence-electron chi connectivity index (χ4n) is 2.89. The maximum atomic E-state index is 13.1. The van der Waals surface area contributed by atoms with Crippen LogP contribution in [0.5, 0.6) is 0 Å².